The molecule has 0 aliphatic carbocycles. The fraction of sp³-hybridized carbons (Fsp3) is 0.391. The first-order chi connectivity index (χ1) is 13.6. The van der Waals surface area contributed by atoms with Crippen molar-refractivity contribution in [2.24, 2.45) is 0 Å². The maximum atomic E-state index is 13.5. The summed E-state index contributed by atoms with van der Waals surface area (Å²) in [4.78, 5) is 2.23. The molecule has 1 fully saturated rings. The molecule has 1 N–H and O–H groups in total. The van der Waals surface area contributed by atoms with E-state index in [0.29, 0.717) is 25.1 Å². The van der Waals surface area contributed by atoms with E-state index in [1.165, 1.54) is 6.07 Å². The van der Waals surface area contributed by atoms with Crippen molar-refractivity contribution in [1.29, 1.82) is 0 Å². The van der Waals surface area contributed by atoms with Crippen LogP contribution < -0.4 is 10.1 Å². The number of hydrogen-bond donors (Lipinski definition) is 1. The first-order valence-corrected chi connectivity index (χ1v) is 9.74. The minimum Gasteiger partial charge on any atom is -0.497 e. The number of benzene rings is 2. The van der Waals surface area contributed by atoms with Gasteiger partial charge in [0.2, 0.25) is 0 Å². The molecule has 0 atom stereocenters. The van der Waals surface area contributed by atoms with Gasteiger partial charge in [-0.15, -0.1) is 0 Å². The van der Waals surface area contributed by atoms with Crippen LogP contribution in [0.3, 0.4) is 0 Å². The third-order valence-electron chi connectivity index (χ3n) is 5.28. The van der Waals surface area contributed by atoms with Crippen molar-refractivity contribution in [3.05, 3.63) is 77.4 Å². The number of nitrogens with one attached hydrogen (secondary N) is 1. The van der Waals surface area contributed by atoms with Crippen LogP contribution in [0.1, 0.15) is 29.5 Å². The molecule has 0 saturated carbocycles. The Balaban J connectivity index is 1.70. The van der Waals surface area contributed by atoms with Crippen LogP contribution in [0.5, 0.6) is 5.75 Å². The molecule has 0 aromatic heterocycles. The van der Waals surface area contributed by atoms with Gasteiger partial charge in [-0.2, -0.15) is 0 Å². The molecule has 3 rings (SSSR count). The van der Waals surface area contributed by atoms with Crippen LogP contribution in [0, 0.1) is 12.7 Å². The van der Waals surface area contributed by atoms with Crippen LogP contribution >= 0.6 is 0 Å². The highest BCUT2D eigenvalue weighted by Gasteiger charge is 2.24. The number of methoxy groups -OCH3 is 1. The van der Waals surface area contributed by atoms with Crippen LogP contribution in [0.25, 0.3) is 0 Å². The van der Waals surface area contributed by atoms with Gasteiger partial charge in [-0.05, 0) is 80.4 Å². The van der Waals surface area contributed by atoms with E-state index in [-0.39, 0.29) is 5.82 Å². The number of nitrogens with zero attached hydrogens (tertiary/aromatic N) is 1. The van der Waals surface area contributed by atoms with E-state index in [4.69, 9.17) is 9.47 Å². The molecular weight excluding hydrogens is 355 g/mol. The lowest BCUT2D eigenvalue weighted by Crippen LogP contribution is -2.42. The van der Waals surface area contributed by atoms with Gasteiger partial charge in [-0.3, -0.25) is 0 Å². The Labute approximate surface area is 167 Å². The van der Waals surface area contributed by atoms with Gasteiger partial charge in [0.1, 0.15) is 18.2 Å². The molecule has 0 spiro atoms. The highest BCUT2D eigenvalue weighted by Crippen LogP contribution is 2.24. The standard InChI is InChI=1S/C23H29FN2O2/c1-17-14-21(24)7-6-20(17)15-26(22-10-12-25-13-11-22)18(2)28-16-19-4-8-23(27-3)9-5-19/h4-9,14,22,25H,2,10-13,15-16H2,1,3H3. The molecule has 1 heterocycles. The van der Waals surface area contributed by atoms with E-state index in [2.05, 4.69) is 16.8 Å². The number of aryl methyl sites for hydroxylation is 1. The molecule has 1 aliphatic heterocycles. The summed E-state index contributed by atoms with van der Waals surface area (Å²) in [6.45, 7) is 9.23. The maximum absolute atomic E-state index is 13.5. The summed E-state index contributed by atoms with van der Waals surface area (Å²) in [6, 6.07) is 13.1. The fourth-order valence-electron chi connectivity index (χ4n) is 3.53. The Morgan fingerprint density at radius 2 is 1.89 bits per heavy atom. The summed E-state index contributed by atoms with van der Waals surface area (Å²) in [6.07, 6.45) is 2.07. The number of ether oxygens (including phenoxy) is 2. The molecule has 28 heavy (non-hydrogen) atoms. The molecule has 1 aliphatic rings. The van der Waals surface area contributed by atoms with Gasteiger partial charge in [-0.25, -0.2) is 4.39 Å². The second-order valence-electron chi connectivity index (χ2n) is 7.21. The Hall–Kier alpha value is -2.53. The lowest BCUT2D eigenvalue weighted by atomic mass is 10.0. The normalized spacial score (nSPS) is 14.5. The Morgan fingerprint density at radius 1 is 1.18 bits per heavy atom. The van der Waals surface area contributed by atoms with Crippen molar-refractivity contribution in [1.82, 2.24) is 10.2 Å². The fourth-order valence-corrected chi connectivity index (χ4v) is 3.53. The van der Waals surface area contributed by atoms with Gasteiger partial charge in [0.15, 0.2) is 5.88 Å². The number of rotatable bonds is 8. The van der Waals surface area contributed by atoms with E-state index in [1.54, 1.807) is 13.2 Å². The predicted octanol–water partition coefficient (Wildman–Crippen LogP) is 4.38. The molecule has 5 heteroatoms. The minimum absolute atomic E-state index is 0.204. The average molecular weight is 384 g/mol. The molecule has 1 saturated heterocycles. The Morgan fingerprint density at radius 3 is 2.54 bits per heavy atom. The lowest BCUT2D eigenvalue weighted by Gasteiger charge is -2.37. The summed E-state index contributed by atoms with van der Waals surface area (Å²) in [5, 5.41) is 3.40. The van der Waals surface area contributed by atoms with Crippen molar-refractivity contribution in [2.75, 3.05) is 20.2 Å². The minimum atomic E-state index is -0.204. The molecule has 4 nitrogen and oxygen atoms in total. The van der Waals surface area contributed by atoms with Crippen molar-refractivity contribution in [2.45, 2.75) is 39.0 Å². The highest BCUT2D eigenvalue weighted by atomic mass is 19.1. The predicted molar refractivity (Wildman–Crippen MR) is 109 cm³/mol. The second kappa shape index (κ2) is 9.60. The number of halogens is 1. The van der Waals surface area contributed by atoms with E-state index in [9.17, 15) is 4.39 Å². The zero-order valence-corrected chi connectivity index (χ0v) is 16.7. The number of piperidine rings is 1. The Bertz CT molecular complexity index is 786. The van der Waals surface area contributed by atoms with Crippen LogP contribution in [-0.4, -0.2) is 31.1 Å². The molecule has 0 radical (unpaired) electrons. The Kier molecular flexibility index (Phi) is 6.93. The van der Waals surface area contributed by atoms with Gasteiger partial charge < -0.3 is 19.7 Å². The molecule has 2 aromatic carbocycles. The first kappa shape index (κ1) is 20.2. The third kappa shape index (κ3) is 5.26. The zero-order chi connectivity index (χ0) is 19.9. The van der Waals surface area contributed by atoms with Crippen LogP contribution in [0.15, 0.2) is 54.9 Å². The summed E-state index contributed by atoms with van der Waals surface area (Å²) >= 11 is 0. The zero-order valence-electron chi connectivity index (χ0n) is 16.7. The molecular formula is C23H29FN2O2. The average Bonchev–Trinajstić information content (AvgIpc) is 2.72. The maximum Gasteiger partial charge on any atom is 0.182 e. The van der Waals surface area contributed by atoms with Gasteiger partial charge in [0.05, 0.1) is 7.11 Å². The van der Waals surface area contributed by atoms with Gasteiger partial charge in [-0.1, -0.05) is 18.2 Å². The van der Waals surface area contributed by atoms with Crippen LogP contribution in [0.2, 0.25) is 0 Å². The largest absolute Gasteiger partial charge is 0.497 e. The molecule has 0 bridgehead atoms. The van der Waals surface area contributed by atoms with E-state index >= 15 is 0 Å². The summed E-state index contributed by atoms with van der Waals surface area (Å²) < 4.78 is 24.7. The number of hydrogen-bond acceptors (Lipinski definition) is 4. The van der Waals surface area contributed by atoms with Gasteiger partial charge in [0.25, 0.3) is 0 Å². The van der Waals surface area contributed by atoms with E-state index in [1.807, 2.05) is 37.3 Å². The van der Waals surface area contributed by atoms with E-state index < -0.39 is 0 Å². The van der Waals surface area contributed by atoms with Gasteiger partial charge in [0, 0.05) is 12.6 Å². The van der Waals surface area contributed by atoms with Crippen LogP contribution in [-0.2, 0) is 17.9 Å². The smallest absolute Gasteiger partial charge is 0.182 e. The molecule has 0 unspecified atom stereocenters. The summed E-state index contributed by atoms with van der Waals surface area (Å²) in [5.41, 5.74) is 3.10. The first-order valence-electron chi connectivity index (χ1n) is 9.74. The molecule has 150 valence electrons. The van der Waals surface area contributed by atoms with Crippen molar-refractivity contribution in [3.63, 3.8) is 0 Å². The molecule has 2 aromatic rings. The second-order valence-corrected chi connectivity index (χ2v) is 7.21. The highest BCUT2D eigenvalue weighted by molar-refractivity contribution is 5.28. The quantitative estimate of drug-likeness (QED) is 0.685. The lowest BCUT2D eigenvalue weighted by molar-refractivity contribution is 0.0617. The summed E-state index contributed by atoms with van der Waals surface area (Å²) in [7, 11) is 1.65. The van der Waals surface area contributed by atoms with E-state index in [0.717, 1.165) is 48.4 Å². The topological polar surface area (TPSA) is 33.7 Å². The van der Waals surface area contributed by atoms with Crippen molar-refractivity contribution in [3.8, 4) is 5.75 Å². The SMILES string of the molecule is C=C(OCc1ccc(OC)cc1)N(Cc1ccc(F)cc1C)C1CCNCC1. The summed E-state index contributed by atoms with van der Waals surface area (Å²) in [5.74, 6) is 1.28. The van der Waals surface area contributed by atoms with Gasteiger partial charge >= 0.3 is 0 Å². The molecule has 0 amide bonds. The monoisotopic (exact) mass is 384 g/mol. The van der Waals surface area contributed by atoms with Crippen molar-refractivity contribution >= 4 is 0 Å². The third-order valence-corrected chi connectivity index (χ3v) is 5.28. The van der Waals surface area contributed by atoms with Crippen molar-refractivity contribution < 1.29 is 13.9 Å². The van der Waals surface area contributed by atoms with Crippen LogP contribution in [0.4, 0.5) is 4.39 Å².